The molecular weight excluding hydrogens is 276 g/mol. The van der Waals surface area contributed by atoms with Gasteiger partial charge in [0.25, 0.3) is 0 Å². The van der Waals surface area contributed by atoms with Crippen molar-refractivity contribution in [2.75, 3.05) is 13.2 Å². The number of aryl methyl sites for hydroxylation is 3. The minimum atomic E-state index is -0.531. The number of nitrogens with zero attached hydrogens (tertiary/aromatic N) is 2. The predicted molar refractivity (Wildman–Crippen MR) is 85.7 cm³/mol. The normalized spacial score (nSPS) is 17.5. The average molecular weight is 300 g/mol. The van der Waals surface area contributed by atoms with Gasteiger partial charge in [-0.2, -0.15) is 0 Å². The molecule has 1 aromatic carbocycles. The van der Waals surface area contributed by atoms with Gasteiger partial charge in [-0.25, -0.2) is 4.98 Å². The molecule has 118 valence electrons. The summed E-state index contributed by atoms with van der Waals surface area (Å²) in [6, 6.07) is 6.63. The van der Waals surface area contributed by atoms with Crippen LogP contribution in [0, 0.1) is 13.8 Å². The number of hydrogen-bond acceptors (Lipinski definition) is 3. The summed E-state index contributed by atoms with van der Waals surface area (Å²) in [4.78, 5) is 4.11. The summed E-state index contributed by atoms with van der Waals surface area (Å²) in [5.74, 6) is -0.531. The Hall–Kier alpha value is -1.65. The molecule has 4 heteroatoms. The maximum Gasteiger partial charge on any atom is 0.186 e. The molecule has 4 nitrogen and oxygen atoms in total. The molecule has 1 saturated heterocycles. The van der Waals surface area contributed by atoms with Crippen LogP contribution in [0.5, 0.6) is 0 Å². The molecule has 0 spiro atoms. The fourth-order valence-corrected chi connectivity index (χ4v) is 3.04. The van der Waals surface area contributed by atoms with Gasteiger partial charge in [0.05, 0.1) is 26.1 Å². The topological polar surface area (TPSA) is 36.3 Å². The molecule has 0 unspecified atom stereocenters. The van der Waals surface area contributed by atoms with Crippen LogP contribution in [0.4, 0.5) is 0 Å². The van der Waals surface area contributed by atoms with Gasteiger partial charge in [-0.1, -0.05) is 23.8 Å². The zero-order chi connectivity index (χ0) is 15.4. The average Bonchev–Trinajstić information content (AvgIpc) is 3.00. The van der Waals surface area contributed by atoms with Crippen molar-refractivity contribution in [3.8, 4) is 0 Å². The van der Waals surface area contributed by atoms with Gasteiger partial charge in [0, 0.05) is 18.8 Å². The van der Waals surface area contributed by atoms with E-state index in [0.29, 0.717) is 6.54 Å². The molecule has 2 aromatic rings. The third kappa shape index (κ3) is 3.57. The van der Waals surface area contributed by atoms with Crippen LogP contribution in [0.25, 0.3) is 0 Å². The Morgan fingerprint density at radius 3 is 2.73 bits per heavy atom. The first kappa shape index (κ1) is 15.3. The molecular formula is C18H24N2O2. The molecule has 1 aromatic heterocycles. The van der Waals surface area contributed by atoms with Crippen molar-refractivity contribution in [1.29, 1.82) is 0 Å². The lowest BCUT2D eigenvalue weighted by atomic mass is 9.98. The van der Waals surface area contributed by atoms with Crippen molar-refractivity contribution in [3.05, 3.63) is 53.6 Å². The second-order valence-corrected chi connectivity index (χ2v) is 6.13. The fraction of sp³-hybridized carbons (Fsp3) is 0.500. The van der Waals surface area contributed by atoms with E-state index in [1.807, 2.05) is 17.1 Å². The molecule has 3 rings (SSSR count). The summed E-state index contributed by atoms with van der Waals surface area (Å²) in [6.45, 7) is 6.53. The van der Waals surface area contributed by atoms with Gasteiger partial charge in [-0.15, -0.1) is 0 Å². The molecule has 0 amide bonds. The maximum atomic E-state index is 6.05. The highest BCUT2D eigenvalue weighted by atomic mass is 16.7. The van der Waals surface area contributed by atoms with Crippen molar-refractivity contribution in [3.63, 3.8) is 0 Å². The molecule has 1 fully saturated rings. The summed E-state index contributed by atoms with van der Waals surface area (Å²) in [7, 11) is 0. The molecule has 22 heavy (non-hydrogen) atoms. The Labute approximate surface area is 132 Å². The van der Waals surface area contributed by atoms with Gasteiger partial charge in [-0.05, 0) is 37.8 Å². The molecule has 0 saturated carbocycles. The standard InChI is InChI=1S/C18H24N2O2/c1-15-4-5-17(16(2)12-15)6-7-18(21-10-3-11-22-18)13-20-9-8-19-14-20/h4-5,8-9,12,14H,3,6-7,10-11,13H2,1-2H3. The fourth-order valence-electron chi connectivity index (χ4n) is 3.04. The zero-order valence-corrected chi connectivity index (χ0v) is 13.4. The molecule has 1 aliphatic rings. The largest absolute Gasteiger partial charge is 0.348 e. The van der Waals surface area contributed by atoms with E-state index < -0.39 is 5.79 Å². The molecule has 1 aliphatic heterocycles. The Bertz CT molecular complexity index is 602. The molecule has 0 aliphatic carbocycles. The van der Waals surface area contributed by atoms with Crippen molar-refractivity contribution in [2.24, 2.45) is 0 Å². The highest BCUT2D eigenvalue weighted by Crippen LogP contribution is 2.27. The van der Waals surface area contributed by atoms with E-state index in [2.05, 4.69) is 37.0 Å². The van der Waals surface area contributed by atoms with Crippen LogP contribution in [-0.2, 0) is 22.4 Å². The summed E-state index contributed by atoms with van der Waals surface area (Å²) in [5.41, 5.74) is 4.02. The van der Waals surface area contributed by atoms with Crippen LogP contribution in [-0.4, -0.2) is 28.6 Å². The van der Waals surface area contributed by atoms with E-state index in [0.717, 1.165) is 32.5 Å². The number of rotatable bonds is 5. The summed E-state index contributed by atoms with van der Waals surface area (Å²) < 4.78 is 14.1. The number of hydrogen-bond donors (Lipinski definition) is 0. The van der Waals surface area contributed by atoms with Crippen molar-refractivity contribution in [1.82, 2.24) is 9.55 Å². The minimum absolute atomic E-state index is 0.531. The summed E-state index contributed by atoms with van der Waals surface area (Å²) in [5, 5.41) is 0. The van der Waals surface area contributed by atoms with Crippen LogP contribution in [0.15, 0.2) is 36.9 Å². The van der Waals surface area contributed by atoms with Crippen LogP contribution in [0.2, 0.25) is 0 Å². The summed E-state index contributed by atoms with van der Waals surface area (Å²) in [6.07, 6.45) is 8.35. The van der Waals surface area contributed by atoms with E-state index in [1.54, 1.807) is 6.20 Å². The lowest BCUT2D eigenvalue weighted by Crippen LogP contribution is -2.44. The quantitative estimate of drug-likeness (QED) is 0.850. The van der Waals surface area contributed by atoms with Gasteiger partial charge in [0.2, 0.25) is 0 Å². The molecule has 0 bridgehead atoms. The van der Waals surface area contributed by atoms with Gasteiger partial charge in [0.1, 0.15) is 0 Å². The van der Waals surface area contributed by atoms with Crippen LogP contribution < -0.4 is 0 Å². The lowest BCUT2D eigenvalue weighted by molar-refractivity contribution is -0.276. The SMILES string of the molecule is Cc1ccc(CCC2(Cn3ccnc3)OCCCO2)c(C)c1. The summed E-state index contributed by atoms with van der Waals surface area (Å²) >= 11 is 0. The third-order valence-electron chi connectivity index (χ3n) is 4.27. The van der Waals surface area contributed by atoms with E-state index in [-0.39, 0.29) is 0 Å². The second kappa shape index (κ2) is 6.63. The van der Waals surface area contributed by atoms with Crippen molar-refractivity contribution >= 4 is 0 Å². The van der Waals surface area contributed by atoms with Gasteiger partial charge >= 0.3 is 0 Å². The van der Waals surface area contributed by atoms with E-state index in [1.165, 1.54) is 16.7 Å². The number of benzene rings is 1. The Balaban J connectivity index is 1.72. The Kier molecular flexibility index (Phi) is 4.60. The molecule has 0 N–H and O–H groups in total. The van der Waals surface area contributed by atoms with E-state index in [4.69, 9.17) is 9.47 Å². The third-order valence-corrected chi connectivity index (χ3v) is 4.27. The molecule has 0 radical (unpaired) electrons. The number of aromatic nitrogens is 2. The Morgan fingerprint density at radius 1 is 1.23 bits per heavy atom. The highest BCUT2D eigenvalue weighted by Gasteiger charge is 2.34. The van der Waals surface area contributed by atoms with Gasteiger partial charge in [-0.3, -0.25) is 0 Å². The van der Waals surface area contributed by atoms with Crippen LogP contribution in [0.3, 0.4) is 0 Å². The van der Waals surface area contributed by atoms with Crippen molar-refractivity contribution < 1.29 is 9.47 Å². The van der Waals surface area contributed by atoms with Crippen LogP contribution >= 0.6 is 0 Å². The first-order chi connectivity index (χ1) is 10.7. The van der Waals surface area contributed by atoms with Crippen LogP contribution in [0.1, 0.15) is 29.5 Å². The van der Waals surface area contributed by atoms with Crippen molar-refractivity contribution in [2.45, 2.75) is 45.4 Å². The zero-order valence-electron chi connectivity index (χ0n) is 13.4. The minimum Gasteiger partial charge on any atom is -0.348 e. The first-order valence-electron chi connectivity index (χ1n) is 7.97. The van der Waals surface area contributed by atoms with E-state index >= 15 is 0 Å². The predicted octanol–water partition coefficient (Wildman–Crippen LogP) is 3.27. The Morgan fingerprint density at radius 2 is 2.05 bits per heavy atom. The monoisotopic (exact) mass is 300 g/mol. The lowest BCUT2D eigenvalue weighted by Gasteiger charge is -2.37. The second-order valence-electron chi connectivity index (χ2n) is 6.13. The van der Waals surface area contributed by atoms with Gasteiger partial charge in [0.15, 0.2) is 5.79 Å². The van der Waals surface area contributed by atoms with Gasteiger partial charge < -0.3 is 14.0 Å². The smallest absolute Gasteiger partial charge is 0.186 e. The maximum absolute atomic E-state index is 6.05. The molecule has 0 atom stereocenters. The molecule has 2 heterocycles. The number of imidazole rings is 1. The first-order valence-corrected chi connectivity index (χ1v) is 7.97. The highest BCUT2D eigenvalue weighted by molar-refractivity contribution is 5.30. The number of ether oxygens (including phenoxy) is 2. The van der Waals surface area contributed by atoms with E-state index in [9.17, 15) is 0 Å².